The van der Waals surface area contributed by atoms with Crippen LogP contribution in [0.4, 0.5) is 8.78 Å². The summed E-state index contributed by atoms with van der Waals surface area (Å²) in [5, 5.41) is 14.0. The van der Waals surface area contributed by atoms with E-state index in [1.807, 2.05) is 24.3 Å². The van der Waals surface area contributed by atoms with E-state index >= 15 is 0 Å². The number of carbonyl (C=O) groups excluding carboxylic acids is 1. The first kappa shape index (κ1) is 26.6. The molecule has 0 aromatic heterocycles. The number of carbonyl (C=O) groups is 1. The predicted molar refractivity (Wildman–Crippen MR) is 141 cm³/mol. The number of nitrogens with one attached hydrogen (secondary N) is 1. The lowest BCUT2D eigenvalue weighted by Crippen LogP contribution is -2.30. The molecule has 1 amide bonds. The maximum absolute atomic E-state index is 13.5. The van der Waals surface area contributed by atoms with Gasteiger partial charge < -0.3 is 15.3 Å². The number of rotatable bonds is 9. The summed E-state index contributed by atoms with van der Waals surface area (Å²) < 4.78 is 26.6. The minimum absolute atomic E-state index is 0.0169. The summed E-state index contributed by atoms with van der Waals surface area (Å²) in [4.78, 5) is 15.1. The van der Waals surface area contributed by atoms with Crippen LogP contribution < -0.4 is 5.32 Å². The van der Waals surface area contributed by atoms with E-state index in [4.69, 9.17) is 23.2 Å². The van der Waals surface area contributed by atoms with Gasteiger partial charge in [0.05, 0.1) is 10.6 Å². The molecule has 0 spiro atoms. The quantitative estimate of drug-likeness (QED) is 0.238. The average Bonchev–Trinajstić information content (AvgIpc) is 2.88. The molecule has 0 aliphatic heterocycles. The molecule has 4 nitrogen and oxygen atoms in total. The molecule has 0 aliphatic carbocycles. The zero-order valence-electron chi connectivity index (χ0n) is 19.7. The molecule has 0 aliphatic rings. The molecule has 190 valence electrons. The third-order valence-corrected chi connectivity index (χ3v) is 6.28. The van der Waals surface area contributed by atoms with Crippen molar-refractivity contribution in [3.8, 4) is 5.75 Å². The molecule has 37 heavy (non-hydrogen) atoms. The number of phenolic OH excluding ortho intramolecular Hbond substituents is 1. The first-order valence-electron chi connectivity index (χ1n) is 11.5. The van der Waals surface area contributed by atoms with Crippen LogP contribution in [-0.2, 0) is 26.2 Å². The van der Waals surface area contributed by atoms with Crippen LogP contribution in [0.2, 0.25) is 10.0 Å². The lowest BCUT2D eigenvalue weighted by Gasteiger charge is -2.24. The first-order chi connectivity index (χ1) is 17.8. The van der Waals surface area contributed by atoms with Gasteiger partial charge in [0.15, 0.2) is 0 Å². The van der Waals surface area contributed by atoms with Crippen LogP contribution in [-0.4, -0.2) is 15.9 Å². The number of halogens is 4. The fourth-order valence-electron chi connectivity index (χ4n) is 3.92. The van der Waals surface area contributed by atoms with Gasteiger partial charge in [0.25, 0.3) is 5.91 Å². The first-order valence-corrected chi connectivity index (χ1v) is 12.3. The highest BCUT2D eigenvalue weighted by molar-refractivity contribution is 6.36. The summed E-state index contributed by atoms with van der Waals surface area (Å²) in [6.45, 7) is 1.55. The summed E-state index contributed by atoms with van der Waals surface area (Å²) >= 11 is 12.2. The Morgan fingerprint density at radius 1 is 0.757 bits per heavy atom. The van der Waals surface area contributed by atoms with Gasteiger partial charge in [-0.1, -0.05) is 71.7 Å². The van der Waals surface area contributed by atoms with Crippen LogP contribution in [0.1, 0.15) is 32.6 Å². The zero-order chi connectivity index (χ0) is 26.4. The highest BCUT2D eigenvalue weighted by Crippen LogP contribution is 2.32. The Balaban J connectivity index is 1.53. The van der Waals surface area contributed by atoms with E-state index < -0.39 is 5.91 Å². The predicted octanol–water partition coefficient (Wildman–Crippen LogP) is 7.11. The second kappa shape index (κ2) is 12.2. The highest BCUT2D eigenvalue weighted by Gasteiger charge is 2.22. The van der Waals surface area contributed by atoms with Crippen molar-refractivity contribution in [3.63, 3.8) is 0 Å². The number of amides is 1. The summed E-state index contributed by atoms with van der Waals surface area (Å²) in [7, 11) is 0. The van der Waals surface area contributed by atoms with Crippen molar-refractivity contribution in [3.05, 3.63) is 134 Å². The van der Waals surface area contributed by atoms with Gasteiger partial charge in [0.1, 0.15) is 17.4 Å². The maximum atomic E-state index is 13.5. The van der Waals surface area contributed by atoms with Crippen LogP contribution >= 0.6 is 23.2 Å². The Morgan fingerprint density at radius 3 is 2.00 bits per heavy atom. The average molecular weight is 541 g/mol. The smallest absolute Gasteiger partial charge is 0.258 e. The molecule has 0 saturated heterocycles. The second-order valence-electron chi connectivity index (χ2n) is 8.62. The molecule has 4 rings (SSSR count). The Bertz CT molecular complexity index is 1380. The van der Waals surface area contributed by atoms with E-state index in [-0.39, 0.29) is 46.1 Å². The Morgan fingerprint density at radius 2 is 1.32 bits per heavy atom. The molecular weight excluding hydrogens is 517 g/mol. The molecule has 8 heteroatoms. The van der Waals surface area contributed by atoms with E-state index in [1.165, 1.54) is 36.4 Å². The van der Waals surface area contributed by atoms with Gasteiger partial charge in [-0.15, -0.1) is 0 Å². The number of benzene rings is 4. The molecule has 4 aromatic rings. The van der Waals surface area contributed by atoms with Crippen molar-refractivity contribution in [2.24, 2.45) is 0 Å². The number of phenols is 1. The maximum Gasteiger partial charge on any atom is 0.258 e. The standard InChI is InChI=1S/C29H24Cl2F2N2O2/c30-23-13-26(28(36)27(31)14-23)29(37)35(17-20-6-10-25(33)11-7-20)18-22-3-1-2-21(12-22)16-34-15-19-4-8-24(32)9-5-19/h1-14,34,36H,15-18H2. The summed E-state index contributed by atoms with van der Waals surface area (Å²) in [5.41, 5.74) is 3.54. The normalized spacial score (nSPS) is 10.9. The van der Waals surface area contributed by atoms with E-state index in [0.29, 0.717) is 13.1 Å². The minimum atomic E-state index is -0.467. The van der Waals surface area contributed by atoms with Crippen molar-refractivity contribution < 1.29 is 18.7 Å². The molecular formula is C29H24Cl2F2N2O2. The fraction of sp³-hybridized carbons (Fsp3) is 0.138. The van der Waals surface area contributed by atoms with Crippen LogP contribution in [0.3, 0.4) is 0 Å². The summed E-state index contributed by atoms with van der Waals surface area (Å²) in [6.07, 6.45) is 0. The summed E-state index contributed by atoms with van der Waals surface area (Å²) in [5.74, 6) is -1.46. The van der Waals surface area contributed by atoms with E-state index in [9.17, 15) is 18.7 Å². The number of hydrogen-bond donors (Lipinski definition) is 2. The minimum Gasteiger partial charge on any atom is -0.506 e. The SMILES string of the molecule is O=C(c1cc(Cl)cc(Cl)c1O)N(Cc1ccc(F)cc1)Cc1cccc(CNCc2ccc(F)cc2)c1. The van der Waals surface area contributed by atoms with Crippen LogP contribution in [0.15, 0.2) is 84.9 Å². The molecule has 0 heterocycles. The van der Waals surface area contributed by atoms with Crippen molar-refractivity contribution in [1.82, 2.24) is 10.2 Å². The Labute approximate surface area is 224 Å². The molecule has 0 bridgehead atoms. The van der Waals surface area contributed by atoms with Crippen LogP contribution in [0, 0.1) is 11.6 Å². The molecule has 0 radical (unpaired) electrons. The van der Waals surface area contributed by atoms with Gasteiger partial charge in [-0.3, -0.25) is 4.79 Å². The van der Waals surface area contributed by atoms with Gasteiger partial charge in [-0.25, -0.2) is 8.78 Å². The van der Waals surface area contributed by atoms with E-state index in [0.717, 1.165) is 22.3 Å². The Hall–Kier alpha value is -3.45. The molecule has 0 saturated carbocycles. The topological polar surface area (TPSA) is 52.6 Å². The van der Waals surface area contributed by atoms with Crippen molar-refractivity contribution in [1.29, 1.82) is 0 Å². The second-order valence-corrected chi connectivity index (χ2v) is 9.47. The van der Waals surface area contributed by atoms with Gasteiger partial charge in [0.2, 0.25) is 0 Å². The highest BCUT2D eigenvalue weighted by atomic mass is 35.5. The van der Waals surface area contributed by atoms with Gasteiger partial charge in [-0.05, 0) is 58.7 Å². The zero-order valence-corrected chi connectivity index (χ0v) is 21.2. The third-order valence-electron chi connectivity index (χ3n) is 5.77. The van der Waals surface area contributed by atoms with Gasteiger partial charge in [-0.2, -0.15) is 0 Å². The monoisotopic (exact) mass is 540 g/mol. The lowest BCUT2D eigenvalue weighted by atomic mass is 10.1. The number of nitrogens with zero attached hydrogens (tertiary/aromatic N) is 1. The lowest BCUT2D eigenvalue weighted by molar-refractivity contribution is 0.0727. The largest absolute Gasteiger partial charge is 0.506 e. The van der Waals surface area contributed by atoms with Crippen LogP contribution in [0.5, 0.6) is 5.75 Å². The Kier molecular flexibility index (Phi) is 8.77. The third kappa shape index (κ3) is 7.29. The van der Waals surface area contributed by atoms with Crippen LogP contribution in [0.25, 0.3) is 0 Å². The number of hydrogen-bond acceptors (Lipinski definition) is 3. The molecule has 0 unspecified atom stereocenters. The van der Waals surface area contributed by atoms with Crippen molar-refractivity contribution in [2.45, 2.75) is 26.2 Å². The summed E-state index contributed by atoms with van der Waals surface area (Å²) in [6, 6.07) is 22.7. The van der Waals surface area contributed by atoms with Crippen molar-refractivity contribution in [2.75, 3.05) is 0 Å². The number of aromatic hydroxyl groups is 1. The van der Waals surface area contributed by atoms with Gasteiger partial charge in [0, 0.05) is 31.2 Å². The molecule has 0 atom stereocenters. The molecule has 0 fully saturated rings. The fourth-order valence-corrected chi connectivity index (χ4v) is 4.41. The molecule has 2 N–H and O–H groups in total. The van der Waals surface area contributed by atoms with Gasteiger partial charge >= 0.3 is 0 Å². The van der Waals surface area contributed by atoms with Crippen molar-refractivity contribution >= 4 is 29.1 Å². The van der Waals surface area contributed by atoms with E-state index in [1.54, 1.807) is 29.2 Å². The van der Waals surface area contributed by atoms with E-state index in [2.05, 4.69) is 5.32 Å². The molecule has 4 aromatic carbocycles.